The minimum Gasteiger partial charge on any atom is -0.268 e. The van der Waals surface area contributed by atoms with Gasteiger partial charge in [0.05, 0.1) is 23.0 Å². The van der Waals surface area contributed by atoms with Crippen LogP contribution in [-0.2, 0) is 10.0 Å². The van der Waals surface area contributed by atoms with Crippen molar-refractivity contribution in [3.05, 3.63) is 17.4 Å². The second-order valence-electron chi connectivity index (χ2n) is 5.29. The van der Waals surface area contributed by atoms with E-state index in [2.05, 4.69) is 12.0 Å². The predicted molar refractivity (Wildman–Crippen MR) is 80.4 cm³/mol. The highest BCUT2D eigenvalue weighted by Crippen LogP contribution is 2.25. The van der Waals surface area contributed by atoms with Gasteiger partial charge in [0.15, 0.2) is 0 Å². The molecule has 0 spiro atoms. The first-order valence-corrected chi connectivity index (χ1v) is 9.19. The van der Waals surface area contributed by atoms with Crippen LogP contribution in [0.1, 0.15) is 45.1 Å². The van der Waals surface area contributed by atoms with Gasteiger partial charge in [-0.25, -0.2) is 12.7 Å². The molecular formula is C13H22ClN3O2S. The fraction of sp³-hybridized carbons (Fsp3) is 0.769. The quantitative estimate of drug-likeness (QED) is 0.757. The molecule has 0 amide bonds. The van der Waals surface area contributed by atoms with Gasteiger partial charge in [0.25, 0.3) is 0 Å². The van der Waals surface area contributed by atoms with E-state index in [1.165, 1.54) is 0 Å². The van der Waals surface area contributed by atoms with Gasteiger partial charge in [-0.1, -0.05) is 31.4 Å². The fourth-order valence-electron chi connectivity index (χ4n) is 2.56. The summed E-state index contributed by atoms with van der Waals surface area (Å²) >= 11 is 5.86. The van der Waals surface area contributed by atoms with Gasteiger partial charge < -0.3 is 0 Å². The predicted octanol–water partition coefficient (Wildman–Crippen LogP) is 2.69. The van der Waals surface area contributed by atoms with Crippen molar-refractivity contribution in [1.29, 1.82) is 0 Å². The Morgan fingerprint density at radius 1 is 1.35 bits per heavy atom. The number of hydrogen-bond donors (Lipinski definition) is 0. The average molecular weight is 320 g/mol. The molecular weight excluding hydrogens is 298 g/mol. The molecule has 0 aromatic carbocycles. The van der Waals surface area contributed by atoms with Crippen LogP contribution in [0.4, 0.5) is 0 Å². The molecule has 0 saturated carbocycles. The van der Waals surface area contributed by atoms with E-state index in [1.807, 2.05) is 4.68 Å². The second kappa shape index (κ2) is 6.91. The van der Waals surface area contributed by atoms with Crippen LogP contribution >= 0.6 is 11.6 Å². The maximum atomic E-state index is 12.2. The molecule has 1 aromatic heterocycles. The smallest absolute Gasteiger partial charge is 0.214 e. The lowest BCUT2D eigenvalue weighted by molar-refractivity contribution is 0.261. The molecule has 2 rings (SSSR count). The first-order valence-electron chi connectivity index (χ1n) is 7.20. The van der Waals surface area contributed by atoms with Crippen LogP contribution in [-0.4, -0.2) is 41.3 Å². The Morgan fingerprint density at radius 3 is 2.60 bits per heavy atom. The van der Waals surface area contributed by atoms with Gasteiger partial charge in [-0.2, -0.15) is 5.10 Å². The lowest BCUT2D eigenvalue weighted by Gasteiger charge is -2.31. The van der Waals surface area contributed by atoms with Crippen molar-refractivity contribution >= 4 is 21.6 Å². The summed E-state index contributed by atoms with van der Waals surface area (Å²) in [5.41, 5.74) is 0. The maximum Gasteiger partial charge on any atom is 0.214 e. The Morgan fingerprint density at radius 2 is 2.05 bits per heavy atom. The van der Waals surface area contributed by atoms with E-state index in [1.54, 1.807) is 16.7 Å². The summed E-state index contributed by atoms with van der Waals surface area (Å²) in [6.07, 6.45) is 7.79. The van der Waals surface area contributed by atoms with E-state index in [9.17, 15) is 8.42 Å². The lowest BCUT2D eigenvalue weighted by Crippen LogP contribution is -2.40. The van der Waals surface area contributed by atoms with E-state index >= 15 is 0 Å². The zero-order chi connectivity index (χ0) is 14.6. The molecule has 0 N–H and O–H groups in total. The molecule has 1 aromatic rings. The molecule has 0 radical (unpaired) electrons. The summed E-state index contributed by atoms with van der Waals surface area (Å²) in [7, 11) is -3.08. The molecule has 5 nitrogen and oxygen atoms in total. The maximum absolute atomic E-state index is 12.2. The highest BCUT2D eigenvalue weighted by atomic mass is 35.5. The summed E-state index contributed by atoms with van der Waals surface area (Å²) < 4.78 is 27.9. The van der Waals surface area contributed by atoms with Crippen molar-refractivity contribution in [1.82, 2.24) is 14.1 Å². The first kappa shape index (κ1) is 15.8. The number of unbranched alkanes of at least 4 members (excludes halogenated alkanes) is 2. The first-order chi connectivity index (χ1) is 9.53. The summed E-state index contributed by atoms with van der Waals surface area (Å²) in [4.78, 5) is 0. The third kappa shape index (κ3) is 3.96. The molecule has 7 heteroatoms. The van der Waals surface area contributed by atoms with Gasteiger partial charge in [-0.15, -0.1) is 0 Å². The third-order valence-electron chi connectivity index (χ3n) is 3.77. The number of nitrogens with zero attached hydrogens (tertiary/aromatic N) is 3. The highest BCUT2D eigenvalue weighted by Gasteiger charge is 2.28. The van der Waals surface area contributed by atoms with E-state index < -0.39 is 10.0 Å². The minimum atomic E-state index is -3.08. The molecule has 1 saturated heterocycles. The largest absolute Gasteiger partial charge is 0.268 e. The zero-order valence-corrected chi connectivity index (χ0v) is 13.4. The monoisotopic (exact) mass is 319 g/mol. The van der Waals surface area contributed by atoms with Gasteiger partial charge >= 0.3 is 0 Å². The molecule has 20 heavy (non-hydrogen) atoms. The summed E-state index contributed by atoms with van der Waals surface area (Å²) in [5, 5.41) is 4.83. The Labute approximate surface area is 126 Å². The summed E-state index contributed by atoms with van der Waals surface area (Å²) in [6, 6.07) is 0.254. The van der Waals surface area contributed by atoms with Gasteiger partial charge in [0, 0.05) is 19.3 Å². The fourth-order valence-corrected chi connectivity index (χ4v) is 4.30. The second-order valence-corrected chi connectivity index (χ2v) is 7.82. The number of sulfonamides is 1. The summed E-state index contributed by atoms with van der Waals surface area (Å²) in [5.74, 6) is 0.277. The molecule has 0 atom stereocenters. The van der Waals surface area contributed by atoms with Crippen LogP contribution in [0.2, 0.25) is 5.02 Å². The van der Waals surface area contributed by atoms with Crippen LogP contribution < -0.4 is 0 Å². The minimum absolute atomic E-state index is 0.254. The normalized spacial score (nSPS) is 18.5. The molecule has 0 aliphatic carbocycles. The van der Waals surface area contributed by atoms with Crippen molar-refractivity contribution in [2.45, 2.75) is 45.1 Å². The number of hydrogen-bond acceptors (Lipinski definition) is 3. The third-order valence-corrected chi connectivity index (χ3v) is 5.92. The van der Waals surface area contributed by atoms with Crippen LogP contribution in [0.25, 0.3) is 0 Å². The van der Waals surface area contributed by atoms with Crippen molar-refractivity contribution in [3.63, 3.8) is 0 Å². The molecule has 0 bridgehead atoms. The Bertz CT molecular complexity index is 521. The molecule has 1 fully saturated rings. The van der Waals surface area contributed by atoms with Crippen LogP contribution in [0, 0.1) is 0 Å². The Balaban J connectivity index is 1.87. The molecule has 1 aliphatic rings. The van der Waals surface area contributed by atoms with E-state index in [-0.39, 0.29) is 11.8 Å². The zero-order valence-electron chi connectivity index (χ0n) is 11.8. The van der Waals surface area contributed by atoms with Gasteiger partial charge in [0.1, 0.15) is 0 Å². The number of halogens is 1. The number of rotatable bonds is 6. The van der Waals surface area contributed by atoms with E-state index in [0.29, 0.717) is 18.1 Å². The van der Waals surface area contributed by atoms with Crippen LogP contribution in [0.5, 0.6) is 0 Å². The number of piperidine rings is 1. The van der Waals surface area contributed by atoms with Crippen molar-refractivity contribution in [2.75, 3.05) is 18.8 Å². The molecule has 114 valence electrons. The summed E-state index contributed by atoms with van der Waals surface area (Å²) in [6.45, 7) is 3.24. The van der Waals surface area contributed by atoms with Gasteiger partial charge in [-0.05, 0) is 19.3 Å². The standard InChI is InChI=1S/C13H22ClN3O2S/c1-2-3-4-9-20(18,19)16-7-5-13(6-8-16)17-11-12(14)10-15-17/h10-11,13H,2-9H2,1H3. The van der Waals surface area contributed by atoms with Gasteiger partial charge in [0.2, 0.25) is 10.0 Å². The molecule has 1 aliphatic heterocycles. The highest BCUT2D eigenvalue weighted by molar-refractivity contribution is 7.89. The van der Waals surface area contributed by atoms with Gasteiger partial charge in [-0.3, -0.25) is 4.68 Å². The topological polar surface area (TPSA) is 55.2 Å². The van der Waals surface area contributed by atoms with E-state index in [0.717, 1.165) is 32.1 Å². The SMILES string of the molecule is CCCCCS(=O)(=O)N1CCC(n2cc(Cl)cn2)CC1. The molecule has 0 unspecified atom stereocenters. The lowest BCUT2D eigenvalue weighted by atomic mass is 10.1. The van der Waals surface area contributed by atoms with Crippen LogP contribution in [0.15, 0.2) is 12.4 Å². The van der Waals surface area contributed by atoms with E-state index in [4.69, 9.17) is 11.6 Å². The molecule has 2 heterocycles. The number of aromatic nitrogens is 2. The average Bonchev–Trinajstić information content (AvgIpc) is 2.86. The Hall–Kier alpha value is -0.590. The van der Waals surface area contributed by atoms with Crippen molar-refractivity contribution in [2.24, 2.45) is 0 Å². The Kier molecular flexibility index (Phi) is 5.46. The van der Waals surface area contributed by atoms with Crippen molar-refractivity contribution in [3.8, 4) is 0 Å². The van der Waals surface area contributed by atoms with Crippen LogP contribution in [0.3, 0.4) is 0 Å². The van der Waals surface area contributed by atoms with Crippen molar-refractivity contribution < 1.29 is 8.42 Å².